The second kappa shape index (κ2) is 5.02. The first kappa shape index (κ1) is 13.0. The van der Waals surface area contributed by atoms with E-state index in [1.165, 1.54) is 0 Å². The Hall–Kier alpha value is -1.48. The fraction of sp³-hybridized carbons (Fsp3) is 0.400. The lowest BCUT2D eigenvalue weighted by Gasteiger charge is -2.11. The maximum atomic E-state index is 14.1. The molecular weight excluding hydrogens is 227 g/mol. The molecule has 2 aromatic rings. The van der Waals surface area contributed by atoms with Gasteiger partial charge in [-0.1, -0.05) is 6.92 Å². The minimum atomic E-state index is -0.237. The molecule has 0 fully saturated rings. The van der Waals surface area contributed by atoms with Gasteiger partial charge in [-0.15, -0.1) is 0 Å². The second-order valence-corrected chi connectivity index (χ2v) is 5.10. The first-order valence-corrected chi connectivity index (χ1v) is 6.27. The molecule has 0 saturated heterocycles. The lowest BCUT2D eigenvalue weighted by Crippen LogP contribution is -2.13. The van der Waals surface area contributed by atoms with Crippen LogP contribution in [0.3, 0.4) is 0 Å². The van der Waals surface area contributed by atoms with Crippen molar-refractivity contribution in [2.75, 3.05) is 6.54 Å². The zero-order chi connectivity index (χ0) is 13.3. The molecule has 0 aliphatic heterocycles. The van der Waals surface area contributed by atoms with Gasteiger partial charge in [-0.25, -0.2) is 4.39 Å². The molecule has 1 heterocycles. The highest BCUT2D eigenvalue weighted by Crippen LogP contribution is 2.23. The second-order valence-electron chi connectivity index (χ2n) is 5.10. The Morgan fingerprint density at radius 3 is 2.67 bits per heavy atom. The topological polar surface area (TPSA) is 38.9 Å². The van der Waals surface area contributed by atoms with Crippen LogP contribution in [0.25, 0.3) is 10.9 Å². The van der Waals surface area contributed by atoms with Gasteiger partial charge in [0.25, 0.3) is 0 Å². The van der Waals surface area contributed by atoms with Crippen LogP contribution in [-0.2, 0) is 6.42 Å². The van der Waals surface area contributed by atoms with Crippen molar-refractivity contribution in [1.29, 1.82) is 0 Å². The van der Waals surface area contributed by atoms with Crippen LogP contribution >= 0.6 is 0 Å². The molecule has 1 unspecified atom stereocenters. The van der Waals surface area contributed by atoms with Gasteiger partial charge in [0.1, 0.15) is 11.3 Å². The number of nitrogens with two attached hydrogens (primary N) is 1. The van der Waals surface area contributed by atoms with Gasteiger partial charge in [0, 0.05) is 11.1 Å². The standard InChI is InChI=1S/C15H19FN2/c1-9(8-17)4-12-6-13-10(2)5-11(3)18-15(13)14(16)7-12/h5-7,9H,4,8,17H2,1-3H3. The summed E-state index contributed by atoms with van der Waals surface area (Å²) in [7, 11) is 0. The van der Waals surface area contributed by atoms with Gasteiger partial charge in [-0.2, -0.15) is 0 Å². The highest BCUT2D eigenvalue weighted by atomic mass is 19.1. The molecule has 0 aliphatic carbocycles. The molecule has 1 aromatic carbocycles. The highest BCUT2D eigenvalue weighted by Gasteiger charge is 2.10. The van der Waals surface area contributed by atoms with E-state index in [0.29, 0.717) is 18.0 Å². The smallest absolute Gasteiger partial charge is 0.149 e. The third-order valence-corrected chi connectivity index (χ3v) is 3.25. The summed E-state index contributed by atoms with van der Waals surface area (Å²) in [4.78, 5) is 4.28. The van der Waals surface area contributed by atoms with Crippen LogP contribution in [0.15, 0.2) is 18.2 Å². The van der Waals surface area contributed by atoms with E-state index >= 15 is 0 Å². The van der Waals surface area contributed by atoms with E-state index < -0.39 is 0 Å². The van der Waals surface area contributed by atoms with E-state index in [9.17, 15) is 4.39 Å². The number of aromatic nitrogens is 1. The molecule has 96 valence electrons. The van der Waals surface area contributed by atoms with Gasteiger partial charge in [0.2, 0.25) is 0 Å². The van der Waals surface area contributed by atoms with E-state index in [2.05, 4.69) is 11.9 Å². The molecule has 1 atom stereocenters. The zero-order valence-electron chi connectivity index (χ0n) is 11.1. The van der Waals surface area contributed by atoms with E-state index in [0.717, 1.165) is 28.6 Å². The Morgan fingerprint density at radius 2 is 2.00 bits per heavy atom. The van der Waals surface area contributed by atoms with Crippen molar-refractivity contribution in [3.63, 3.8) is 0 Å². The van der Waals surface area contributed by atoms with Crippen molar-refractivity contribution in [3.05, 3.63) is 40.8 Å². The Morgan fingerprint density at radius 1 is 1.28 bits per heavy atom. The normalized spacial score (nSPS) is 12.9. The number of nitrogens with zero attached hydrogens (tertiary/aromatic N) is 1. The molecule has 0 aliphatic rings. The van der Waals surface area contributed by atoms with Crippen molar-refractivity contribution < 1.29 is 4.39 Å². The number of pyridine rings is 1. The van der Waals surface area contributed by atoms with Crippen LogP contribution in [0.2, 0.25) is 0 Å². The number of aryl methyl sites for hydroxylation is 2. The largest absolute Gasteiger partial charge is 0.330 e. The molecule has 2 rings (SSSR count). The third kappa shape index (κ3) is 2.51. The Bertz CT molecular complexity index is 578. The van der Waals surface area contributed by atoms with Crippen LogP contribution < -0.4 is 5.73 Å². The summed E-state index contributed by atoms with van der Waals surface area (Å²) < 4.78 is 14.1. The van der Waals surface area contributed by atoms with Crippen molar-refractivity contribution in [2.24, 2.45) is 11.7 Å². The maximum Gasteiger partial charge on any atom is 0.149 e. The Balaban J connectivity index is 2.54. The fourth-order valence-corrected chi connectivity index (χ4v) is 2.27. The molecule has 2 nitrogen and oxygen atoms in total. The molecule has 0 amide bonds. The van der Waals surface area contributed by atoms with Gasteiger partial charge in [0.15, 0.2) is 0 Å². The Labute approximate surface area is 107 Å². The van der Waals surface area contributed by atoms with Crippen molar-refractivity contribution in [3.8, 4) is 0 Å². The van der Waals surface area contributed by atoms with Crippen LogP contribution in [0.4, 0.5) is 4.39 Å². The summed E-state index contributed by atoms with van der Waals surface area (Å²) in [6.45, 7) is 6.57. The minimum Gasteiger partial charge on any atom is -0.330 e. The predicted octanol–water partition coefficient (Wildman–Crippen LogP) is 3.13. The number of benzene rings is 1. The van der Waals surface area contributed by atoms with E-state index in [4.69, 9.17) is 5.73 Å². The third-order valence-electron chi connectivity index (χ3n) is 3.25. The SMILES string of the molecule is Cc1cc(C)c2cc(CC(C)CN)cc(F)c2n1. The molecule has 0 spiro atoms. The first-order valence-electron chi connectivity index (χ1n) is 6.27. The molecular formula is C15H19FN2. The summed E-state index contributed by atoms with van der Waals surface area (Å²) in [5.74, 6) is 0.124. The summed E-state index contributed by atoms with van der Waals surface area (Å²) in [5.41, 5.74) is 8.99. The summed E-state index contributed by atoms with van der Waals surface area (Å²) in [6.07, 6.45) is 0.802. The molecule has 0 saturated carbocycles. The molecule has 0 bridgehead atoms. The van der Waals surface area contributed by atoms with Crippen molar-refractivity contribution in [2.45, 2.75) is 27.2 Å². The number of fused-ring (bicyclic) bond motifs is 1. The number of rotatable bonds is 3. The lowest BCUT2D eigenvalue weighted by molar-refractivity contribution is 0.586. The molecule has 18 heavy (non-hydrogen) atoms. The molecule has 0 radical (unpaired) electrons. The van der Waals surface area contributed by atoms with Gasteiger partial charge >= 0.3 is 0 Å². The fourth-order valence-electron chi connectivity index (χ4n) is 2.27. The van der Waals surface area contributed by atoms with Crippen LogP contribution in [0, 0.1) is 25.6 Å². The van der Waals surface area contributed by atoms with Crippen molar-refractivity contribution >= 4 is 10.9 Å². The monoisotopic (exact) mass is 246 g/mol. The molecule has 1 aromatic heterocycles. The molecule has 3 heteroatoms. The maximum absolute atomic E-state index is 14.1. The van der Waals surface area contributed by atoms with E-state index in [1.807, 2.05) is 26.0 Å². The molecule has 2 N–H and O–H groups in total. The zero-order valence-corrected chi connectivity index (χ0v) is 11.1. The average Bonchev–Trinajstić information content (AvgIpc) is 2.30. The van der Waals surface area contributed by atoms with Crippen LogP contribution in [0.5, 0.6) is 0 Å². The van der Waals surface area contributed by atoms with Gasteiger partial charge in [0.05, 0.1) is 0 Å². The number of hydrogen-bond donors (Lipinski definition) is 1. The lowest BCUT2D eigenvalue weighted by atomic mass is 9.98. The van der Waals surface area contributed by atoms with Gasteiger partial charge in [-0.05, 0) is 62.1 Å². The Kier molecular flexibility index (Phi) is 3.62. The van der Waals surface area contributed by atoms with Gasteiger partial charge in [-0.3, -0.25) is 4.98 Å². The summed E-state index contributed by atoms with van der Waals surface area (Å²) >= 11 is 0. The number of halogens is 1. The van der Waals surface area contributed by atoms with Crippen LogP contribution in [0.1, 0.15) is 23.7 Å². The predicted molar refractivity (Wildman–Crippen MR) is 73.1 cm³/mol. The van der Waals surface area contributed by atoms with Crippen LogP contribution in [-0.4, -0.2) is 11.5 Å². The number of hydrogen-bond acceptors (Lipinski definition) is 2. The average molecular weight is 246 g/mol. The highest BCUT2D eigenvalue weighted by molar-refractivity contribution is 5.83. The summed E-state index contributed by atoms with van der Waals surface area (Å²) in [6, 6.07) is 5.60. The minimum absolute atomic E-state index is 0.237. The van der Waals surface area contributed by atoms with E-state index in [1.54, 1.807) is 6.07 Å². The van der Waals surface area contributed by atoms with Gasteiger partial charge < -0.3 is 5.73 Å². The quantitative estimate of drug-likeness (QED) is 0.903. The van der Waals surface area contributed by atoms with E-state index in [-0.39, 0.29) is 5.82 Å². The summed E-state index contributed by atoms with van der Waals surface area (Å²) in [5, 5.41) is 0.903. The van der Waals surface area contributed by atoms with Crippen molar-refractivity contribution in [1.82, 2.24) is 4.98 Å². The first-order chi connectivity index (χ1) is 8.51.